The molecular weight excluding hydrogens is 214 g/mol. The lowest BCUT2D eigenvalue weighted by Gasteiger charge is -2.15. The second-order valence-corrected chi connectivity index (χ2v) is 4.60. The molecule has 0 aliphatic heterocycles. The Morgan fingerprint density at radius 2 is 1.88 bits per heavy atom. The van der Waals surface area contributed by atoms with Crippen LogP contribution in [0.5, 0.6) is 5.75 Å². The zero-order valence-electron chi connectivity index (χ0n) is 11.2. The molecule has 1 unspecified atom stereocenters. The van der Waals surface area contributed by atoms with E-state index in [9.17, 15) is 0 Å². The molecule has 0 aromatic heterocycles. The fourth-order valence-electron chi connectivity index (χ4n) is 1.59. The van der Waals surface area contributed by atoms with Gasteiger partial charge in [-0.3, -0.25) is 0 Å². The summed E-state index contributed by atoms with van der Waals surface area (Å²) in [4.78, 5) is 0. The van der Waals surface area contributed by atoms with Crippen LogP contribution >= 0.6 is 0 Å². The predicted octanol–water partition coefficient (Wildman–Crippen LogP) is 2.82. The summed E-state index contributed by atoms with van der Waals surface area (Å²) >= 11 is 0. The molecule has 0 fully saturated rings. The standard InChI is InChI=1S/C14H23NO2/c1-10(2)16-7-8-17-14-6-5-11(3)9-13(14)12(4)15/h5-6,9-10,12H,7-8,15H2,1-4H3. The smallest absolute Gasteiger partial charge is 0.124 e. The molecule has 2 N–H and O–H groups in total. The maximum Gasteiger partial charge on any atom is 0.124 e. The highest BCUT2D eigenvalue weighted by molar-refractivity contribution is 5.38. The van der Waals surface area contributed by atoms with E-state index in [2.05, 4.69) is 13.0 Å². The molecular formula is C14H23NO2. The van der Waals surface area contributed by atoms with E-state index < -0.39 is 0 Å². The SMILES string of the molecule is Cc1ccc(OCCOC(C)C)c(C(C)N)c1. The van der Waals surface area contributed by atoms with Gasteiger partial charge in [0, 0.05) is 11.6 Å². The Kier molecular flexibility index (Phi) is 5.45. The van der Waals surface area contributed by atoms with Gasteiger partial charge in [0.25, 0.3) is 0 Å². The van der Waals surface area contributed by atoms with Gasteiger partial charge < -0.3 is 15.2 Å². The van der Waals surface area contributed by atoms with Crippen LogP contribution in [-0.2, 0) is 4.74 Å². The summed E-state index contributed by atoms with van der Waals surface area (Å²) in [5.41, 5.74) is 8.17. The number of rotatable bonds is 6. The van der Waals surface area contributed by atoms with Crippen LogP contribution in [0.1, 0.15) is 37.9 Å². The molecule has 3 heteroatoms. The summed E-state index contributed by atoms with van der Waals surface area (Å²) in [5.74, 6) is 0.859. The van der Waals surface area contributed by atoms with Crippen molar-refractivity contribution < 1.29 is 9.47 Å². The van der Waals surface area contributed by atoms with Crippen LogP contribution < -0.4 is 10.5 Å². The second-order valence-electron chi connectivity index (χ2n) is 4.60. The molecule has 1 aromatic rings. The summed E-state index contributed by atoms with van der Waals surface area (Å²) in [7, 11) is 0. The zero-order valence-corrected chi connectivity index (χ0v) is 11.2. The third kappa shape index (κ3) is 4.75. The normalized spacial score (nSPS) is 12.8. The van der Waals surface area contributed by atoms with Crippen molar-refractivity contribution in [1.82, 2.24) is 0 Å². The van der Waals surface area contributed by atoms with E-state index in [1.165, 1.54) is 5.56 Å². The molecule has 3 nitrogen and oxygen atoms in total. The summed E-state index contributed by atoms with van der Waals surface area (Å²) in [6.45, 7) is 9.20. The molecule has 0 saturated heterocycles. The third-order valence-corrected chi connectivity index (χ3v) is 2.45. The molecule has 1 atom stereocenters. The molecule has 0 bridgehead atoms. The third-order valence-electron chi connectivity index (χ3n) is 2.45. The monoisotopic (exact) mass is 237 g/mol. The van der Waals surface area contributed by atoms with Gasteiger partial charge in [-0.25, -0.2) is 0 Å². The number of hydrogen-bond donors (Lipinski definition) is 1. The van der Waals surface area contributed by atoms with Gasteiger partial charge in [-0.05, 0) is 33.8 Å². The molecule has 1 aromatic carbocycles. The van der Waals surface area contributed by atoms with Crippen LogP contribution in [0.4, 0.5) is 0 Å². The quantitative estimate of drug-likeness (QED) is 0.774. The average Bonchev–Trinajstić information content (AvgIpc) is 2.25. The van der Waals surface area contributed by atoms with Crippen molar-refractivity contribution in [2.45, 2.75) is 39.8 Å². The molecule has 0 radical (unpaired) electrons. The van der Waals surface area contributed by atoms with Crippen molar-refractivity contribution in [3.8, 4) is 5.75 Å². The summed E-state index contributed by atoms with van der Waals surface area (Å²) in [6.07, 6.45) is 0.240. The number of aryl methyl sites for hydroxylation is 1. The number of hydrogen-bond acceptors (Lipinski definition) is 3. The lowest BCUT2D eigenvalue weighted by atomic mass is 10.1. The van der Waals surface area contributed by atoms with Crippen molar-refractivity contribution in [3.05, 3.63) is 29.3 Å². The lowest BCUT2D eigenvalue weighted by molar-refractivity contribution is 0.0550. The Morgan fingerprint density at radius 1 is 1.18 bits per heavy atom. The first kappa shape index (κ1) is 14.0. The highest BCUT2D eigenvalue weighted by atomic mass is 16.5. The van der Waals surface area contributed by atoms with Gasteiger partial charge >= 0.3 is 0 Å². The molecule has 0 aliphatic carbocycles. The molecule has 0 spiro atoms. The molecule has 0 aliphatic rings. The Balaban J connectivity index is 2.58. The molecule has 17 heavy (non-hydrogen) atoms. The number of nitrogens with two attached hydrogens (primary N) is 1. The first-order valence-corrected chi connectivity index (χ1v) is 6.11. The van der Waals surface area contributed by atoms with E-state index in [0.717, 1.165) is 11.3 Å². The lowest BCUT2D eigenvalue weighted by Crippen LogP contribution is -2.13. The Bertz CT molecular complexity index is 348. The first-order valence-electron chi connectivity index (χ1n) is 6.11. The maximum absolute atomic E-state index is 5.92. The van der Waals surface area contributed by atoms with Crippen LogP contribution in [-0.4, -0.2) is 19.3 Å². The molecule has 0 heterocycles. The highest BCUT2D eigenvalue weighted by Crippen LogP contribution is 2.24. The van der Waals surface area contributed by atoms with E-state index in [1.807, 2.05) is 32.9 Å². The van der Waals surface area contributed by atoms with Gasteiger partial charge in [-0.1, -0.05) is 17.7 Å². The number of ether oxygens (including phenoxy) is 2. The molecule has 1 rings (SSSR count). The molecule has 96 valence electrons. The Labute approximate surface area is 104 Å². The van der Waals surface area contributed by atoms with Gasteiger partial charge in [0.15, 0.2) is 0 Å². The summed E-state index contributed by atoms with van der Waals surface area (Å²) < 4.78 is 11.1. The highest BCUT2D eigenvalue weighted by Gasteiger charge is 2.08. The van der Waals surface area contributed by atoms with Crippen molar-refractivity contribution in [3.63, 3.8) is 0 Å². The predicted molar refractivity (Wildman–Crippen MR) is 70.4 cm³/mol. The fraction of sp³-hybridized carbons (Fsp3) is 0.571. The van der Waals surface area contributed by atoms with Crippen molar-refractivity contribution in [2.75, 3.05) is 13.2 Å². The van der Waals surface area contributed by atoms with Gasteiger partial charge in [-0.2, -0.15) is 0 Å². The second kappa shape index (κ2) is 6.62. The van der Waals surface area contributed by atoms with E-state index in [0.29, 0.717) is 13.2 Å². The largest absolute Gasteiger partial charge is 0.491 e. The van der Waals surface area contributed by atoms with Gasteiger partial charge in [0.05, 0.1) is 12.7 Å². The van der Waals surface area contributed by atoms with Crippen LogP contribution in [0.25, 0.3) is 0 Å². The van der Waals surface area contributed by atoms with Gasteiger partial charge in [0.2, 0.25) is 0 Å². The van der Waals surface area contributed by atoms with Crippen molar-refractivity contribution >= 4 is 0 Å². The Morgan fingerprint density at radius 3 is 2.47 bits per heavy atom. The maximum atomic E-state index is 5.92. The van der Waals surface area contributed by atoms with E-state index in [-0.39, 0.29) is 12.1 Å². The summed E-state index contributed by atoms with van der Waals surface area (Å²) in [5, 5.41) is 0. The van der Waals surface area contributed by atoms with Crippen LogP contribution in [0.3, 0.4) is 0 Å². The Hall–Kier alpha value is -1.06. The van der Waals surface area contributed by atoms with E-state index in [4.69, 9.17) is 15.2 Å². The molecule has 0 amide bonds. The van der Waals surface area contributed by atoms with Crippen LogP contribution in [0.2, 0.25) is 0 Å². The summed E-state index contributed by atoms with van der Waals surface area (Å²) in [6, 6.07) is 6.06. The first-order chi connectivity index (χ1) is 8.00. The van der Waals surface area contributed by atoms with Crippen molar-refractivity contribution in [2.24, 2.45) is 5.73 Å². The van der Waals surface area contributed by atoms with Gasteiger partial charge in [0.1, 0.15) is 12.4 Å². The molecule has 0 saturated carbocycles. The topological polar surface area (TPSA) is 44.5 Å². The van der Waals surface area contributed by atoms with Crippen LogP contribution in [0, 0.1) is 6.92 Å². The average molecular weight is 237 g/mol. The van der Waals surface area contributed by atoms with E-state index in [1.54, 1.807) is 0 Å². The minimum absolute atomic E-state index is 0.0177. The van der Waals surface area contributed by atoms with Crippen LogP contribution in [0.15, 0.2) is 18.2 Å². The number of benzene rings is 1. The minimum Gasteiger partial charge on any atom is -0.491 e. The van der Waals surface area contributed by atoms with E-state index >= 15 is 0 Å². The van der Waals surface area contributed by atoms with Gasteiger partial charge in [-0.15, -0.1) is 0 Å². The van der Waals surface area contributed by atoms with Crippen molar-refractivity contribution in [1.29, 1.82) is 0 Å². The fourth-order valence-corrected chi connectivity index (χ4v) is 1.59. The minimum atomic E-state index is -0.0177. The zero-order chi connectivity index (χ0) is 12.8.